The van der Waals surface area contributed by atoms with E-state index in [0.717, 1.165) is 34.2 Å². The Balaban J connectivity index is 1.01. The zero-order chi connectivity index (χ0) is 40.8. The average molecular weight is 840 g/mol. The molecule has 60 heavy (non-hydrogen) atoms. The molecular formula is C54H46GeN4O. The van der Waals surface area contributed by atoms with Crippen molar-refractivity contribution in [2.24, 2.45) is 0 Å². The number of hydrogen-bond donors (Lipinski definition) is 0. The van der Waals surface area contributed by atoms with Gasteiger partial charge < -0.3 is 0 Å². The van der Waals surface area contributed by atoms with Crippen molar-refractivity contribution in [1.82, 2.24) is 9.55 Å². The van der Waals surface area contributed by atoms with Crippen LogP contribution >= 0.6 is 0 Å². The Labute approximate surface area is 354 Å². The number of hydrogen-bond acceptors (Lipinski definition) is 4. The fraction of sp³-hybridized carbons (Fsp3) is 0.130. The Morgan fingerprint density at radius 1 is 0.550 bits per heavy atom. The molecule has 7 aromatic carbocycles. The van der Waals surface area contributed by atoms with E-state index in [-0.39, 0.29) is 5.41 Å². The van der Waals surface area contributed by atoms with Gasteiger partial charge in [-0.15, -0.1) is 0 Å². The molecule has 292 valence electrons. The summed E-state index contributed by atoms with van der Waals surface area (Å²) in [6.07, 6.45) is 1.96. The fourth-order valence-corrected chi connectivity index (χ4v) is 16.1. The van der Waals surface area contributed by atoms with Crippen molar-refractivity contribution in [1.29, 1.82) is 0 Å². The van der Waals surface area contributed by atoms with Crippen molar-refractivity contribution in [3.05, 3.63) is 182 Å². The molecule has 0 fully saturated rings. The van der Waals surface area contributed by atoms with Gasteiger partial charge in [0.15, 0.2) is 0 Å². The number of aromatic nitrogens is 2. The van der Waals surface area contributed by atoms with Gasteiger partial charge in [0.25, 0.3) is 0 Å². The molecule has 0 radical (unpaired) electrons. The molecule has 11 rings (SSSR count). The van der Waals surface area contributed by atoms with Crippen LogP contribution in [0.4, 0.5) is 22.7 Å². The van der Waals surface area contributed by atoms with E-state index in [2.05, 4.69) is 217 Å². The maximum absolute atomic E-state index is 6.98. The van der Waals surface area contributed by atoms with Crippen molar-refractivity contribution in [3.8, 4) is 39.6 Å². The standard InChI is InChI=1S/C54H46GeN4O/c1-54(2,3)38-29-30-56-50(31-38)59-48-28-16-25-44-51(48)52-45(55(44,4)5)33-41(34-49(52)59)60-40-22-14-21-39(32-40)57-35-58(47-27-13-12-26-46(47)57)53-42(36-17-8-6-9-18-36)23-15-24-43(53)37-19-10-7-11-20-37/h6-34H,35H2,1-5H3. The molecule has 2 aliphatic heterocycles. The molecule has 0 amide bonds. The Hall–Kier alpha value is -6.57. The van der Waals surface area contributed by atoms with Crippen LogP contribution in [-0.4, -0.2) is 29.5 Å². The van der Waals surface area contributed by atoms with Crippen LogP contribution < -0.4 is 23.3 Å². The van der Waals surface area contributed by atoms with E-state index in [1.807, 2.05) is 6.20 Å². The number of pyridine rings is 1. The van der Waals surface area contributed by atoms with Gasteiger partial charge in [-0.1, -0.05) is 78.9 Å². The minimum absolute atomic E-state index is 0.00278. The van der Waals surface area contributed by atoms with Crippen LogP contribution in [0.1, 0.15) is 26.3 Å². The number of benzene rings is 7. The monoisotopic (exact) mass is 840 g/mol. The zero-order valence-electron chi connectivity index (χ0n) is 34.6. The second kappa shape index (κ2) is 13.8. The van der Waals surface area contributed by atoms with Crippen LogP contribution in [0.5, 0.6) is 11.5 Å². The van der Waals surface area contributed by atoms with Gasteiger partial charge in [-0.3, -0.25) is 0 Å². The van der Waals surface area contributed by atoms with E-state index >= 15 is 0 Å². The first-order chi connectivity index (χ1) is 29.1. The van der Waals surface area contributed by atoms with E-state index in [1.54, 1.807) is 0 Å². The van der Waals surface area contributed by atoms with Crippen molar-refractivity contribution in [2.75, 3.05) is 16.5 Å². The summed E-state index contributed by atoms with van der Waals surface area (Å²) in [5, 5.41) is 2.76. The molecule has 5 nitrogen and oxygen atoms in total. The van der Waals surface area contributed by atoms with Crippen LogP contribution in [-0.2, 0) is 5.41 Å². The Morgan fingerprint density at radius 3 is 1.88 bits per heavy atom. The molecule has 9 aromatic rings. The first-order valence-electron chi connectivity index (χ1n) is 20.9. The Bertz CT molecular complexity index is 3070. The molecule has 4 heterocycles. The maximum atomic E-state index is 6.98. The van der Waals surface area contributed by atoms with Gasteiger partial charge in [0, 0.05) is 0 Å². The van der Waals surface area contributed by atoms with Crippen LogP contribution in [0.2, 0.25) is 11.5 Å². The quantitative estimate of drug-likeness (QED) is 0.150. The van der Waals surface area contributed by atoms with Crippen molar-refractivity contribution < 1.29 is 4.74 Å². The van der Waals surface area contributed by atoms with Crippen LogP contribution in [0, 0.1) is 0 Å². The molecule has 0 bridgehead atoms. The molecule has 0 saturated carbocycles. The second-order valence-corrected chi connectivity index (χ2v) is 26.8. The van der Waals surface area contributed by atoms with Gasteiger partial charge in [-0.2, -0.15) is 0 Å². The third-order valence-electron chi connectivity index (χ3n) is 12.6. The van der Waals surface area contributed by atoms with E-state index in [1.165, 1.54) is 64.3 Å². The summed E-state index contributed by atoms with van der Waals surface area (Å²) < 4.78 is 12.3. The van der Waals surface area contributed by atoms with E-state index in [0.29, 0.717) is 6.67 Å². The van der Waals surface area contributed by atoms with Crippen LogP contribution in [0.3, 0.4) is 0 Å². The summed E-state index contributed by atoms with van der Waals surface area (Å²) in [6, 6.07) is 61.4. The van der Waals surface area contributed by atoms with E-state index in [9.17, 15) is 0 Å². The predicted octanol–water partition coefficient (Wildman–Crippen LogP) is 13.0. The van der Waals surface area contributed by atoms with Gasteiger partial charge >= 0.3 is 266 Å². The summed E-state index contributed by atoms with van der Waals surface area (Å²) in [4.78, 5) is 9.86. The third kappa shape index (κ3) is 5.78. The summed E-state index contributed by atoms with van der Waals surface area (Å²) in [5.74, 6) is 7.65. The molecule has 0 N–H and O–H groups in total. The molecule has 0 saturated heterocycles. The number of anilines is 4. The van der Waals surface area contributed by atoms with Gasteiger partial charge in [0.1, 0.15) is 0 Å². The summed E-state index contributed by atoms with van der Waals surface area (Å²) in [6.45, 7) is 7.43. The Morgan fingerprint density at radius 2 is 1.18 bits per heavy atom. The molecule has 0 spiro atoms. The first-order valence-corrected chi connectivity index (χ1v) is 27.2. The van der Waals surface area contributed by atoms with Crippen molar-refractivity contribution in [3.63, 3.8) is 0 Å². The van der Waals surface area contributed by atoms with E-state index in [4.69, 9.17) is 9.72 Å². The SMILES string of the molecule is CC(C)(C)c1ccnc(-n2c3ccc[c]4c3c3[c](cc(Oc5cccc(N6CN(c7c(-c8ccccc8)cccc7-c7ccccc7)c7ccccc76)c5)cc32)[Ge]4([CH3])[CH3])c1. The number of rotatable bonds is 7. The van der Waals surface area contributed by atoms with E-state index < -0.39 is 13.3 Å². The van der Waals surface area contributed by atoms with Gasteiger partial charge in [0.05, 0.1) is 0 Å². The van der Waals surface area contributed by atoms with Crippen molar-refractivity contribution in [2.45, 2.75) is 37.7 Å². The molecule has 6 heteroatoms. The second-order valence-electron chi connectivity index (χ2n) is 17.7. The third-order valence-corrected chi connectivity index (χ3v) is 20.0. The number of para-hydroxylation sites is 3. The molecule has 0 unspecified atom stereocenters. The molecule has 2 aliphatic rings. The summed E-state index contributed by atoms with van der Waals surface area (Å²) in [5.41, 5.74) is 13.0. The molecule has 0 atom stereocenters. The fourth-order valence-electron chi connectivity index (χ4n) is 9.64. The zero-order valence-corrected chi connectivity index (χ0v) is 36.7. The van der Waals surface area contributed by atoms with Crippen LogP contribution in [0.25, 0.3) is 49.9 Å². The number of fused-ring (bicyclic) bond motifs is 1. The summed E-state index contributed by atoms with van der Waals surface area (Å²) >= 11 is -2.64. The predicted molar refractivity (Wildman–Crippen MR) is 253 cm³/mol. The summed E-state index contributed by atoms with van der Waals surface area (Å²) in [7, 11) is 0. The normalized spacial score (nSPS) is 14.1. The van der Waals surface area contributed by atoms with Gasteiger partial charge in [0.2, 0.25) is 0 Å². The Kier molecular flexibility index (Phi) is 8.37. The van der Waals surface area contributed by atoms with Gasteiger partial charge in [-0.25, -0.2) is 0 Å². The number of ether oxygens (including phenoxy) is 1. The average Bonchev–Trinajstić information content (AvgIpc) is 3.90. The number of nitrogens with zero attached hydrogens (tertiary/aromatic N) is 4. The molecular weight excluding hydrogens is 793 g/mol. The first kappa shape index (κ1) is 36.5. The molecule has 0 aliphatic carbocycles. The molecule has 2 aromatic heterocycles. The van der Waals surface area contributed by atoms with Gasteiger partial charge in [-0.05, 0) is 11.1 Å². The minimum atomic E-state index is -2.64. The van der Waals surface area contributed by atoms with Crippen LogP contribution in [0.15, 0.2) is 176 Å². The topological polar surface area (TPSA) is 33.5 Å². The van der Waals surface area contributed by atoms with Crippen molar-refractivity contribution >= 4 is 66.6 Å².